The van der Waals surface area contributed by atoms with Gasteiger partial charge in [-0.25, -0.2) is 8.42 Å². The molecule has 0 aliphatic carbocycles. The van der Waals surface area contributed by atoms with Crippen LogP contribution in [0, 0.1) is 0 Å². The second-order valence-electron chi connectivity index (χ2n) is 5.13. The van der Waals surface area contributed by atoms with Crippen LogP contribution in [0.4, 0.5) is 0 Å². The number of halogens is 1. The highest BCUT2D eigenvalue weighted by Gasteiger charge is 2.26. The fourth-order valence-corrected chi connectivity index (χ4v) is 4.36. The summed E-state index contributed by atoms with van der Waals surface area (Å²) >= 11 is 5.89. The first kappa shape index (κ1) is 14.8. The lowest BCUT2D eigenvalue weighted by Crippen LogP contribution is -2.41. The number of sulfone groups is 1. The lowest BCUT2D eigenvalue weighted by atomic mass is 10.0. The van der Waals surface area contributed by atoms with Gasteiger partial charge in [0.25, 0.3) is 0 Å². The van der Waals surface area contributed by atoms with Crippen molar-refractivity contribution in [2.75, 3.05) is 11.5 Å². The van der Waals surface area contributed by atoms with E-state index < -0.39 is 9.84 Å². The van der Waals surface area contributed by atoms with Crippen LogP contribution in [0.2, 0.25) is 5.02 Å². The summed E-state index contributed by atoms with van der Waals surface area (Å²) in [5, 5.41) is 4.20. The molecule has 0 radical (unpaired) electrons. The van der Waals surface area contributed by atoms with Crippen molar-refractivity contribution in [3.8, 4) is 0 Å². The van der Waals surface area contributed by atoms with Gasteiger partial charge in [0, 0.05) is 17.1 Å². The molecule has 1 N–H and O–H groups in total. The van der Waals surface area contributed by atoms with Crippen molar-refractivity contribution in [1.29, 1.82) is 0 Å². The van der Waals surface area contributed by atoms with Gasteiger partial charge in [0.2, 0.25) is 0 Å². The first-order valence-corrected chi connectivity index (χ1v) is 8.92. The first-order valence-electron chi connectivity index (χ1n) is 6.72. The zero-order chi connectivity index (χ0) is 13.9. The Morgan fingerprint density at radius 3 is 2.63 bits per heavy atom. The van der Waals surface area contributed by atoms with E-state index in [1.807, 2.05) is 24.3 Å². The smallest absolute Gasteiger partial charge is 0.151 e. The van der Waals surface area contributed by atoms with Crippen LogP contribution in [0.25, 0.3) is 0 Å². The number of hydrogen-bond acceptors (Lipinski definition) is 3. The topological polar surface area (TPSA) is 46.2 Å². The SMILES string of the molecule is CCC(NC1CCCS(=O)(=O)C1)c1ccc(Cl)cc1. The maximum atomic E-state index is 11.7. The number of hydrogen-bond donors (Lipinski definition) is 1. The molecule has 1 heterocycles. The molecule has 5 heteroatoms. The molecular formula is C14H20ClNO2S. The molecule has 2 atom stereocenters. The number of nitrogens with one attached hydrogen (secondary N) is 1. The van der Waals surface area contributed by atoms with E-state index in [-0.39, 0.29) is 17.8 Å². The Kier molecular flexibility index (Phi) is 4.87. The molecular weight excluding hydrogens is 282 g/mol. The highest BCUT2D eigenvalue weighted by Crippen LogP contribution is 2.22. The molecule has 0 aromatic heterocycles. The summed E-state index contributed by atoms with van der Waals surface area (Å²) in [6, 6.07) is 8.01. The van der Waals surface area contributed by atoms with Crippen molar-refractivity contribution in [1.82, 2.24) is 5.32 Å². The van der Waals surface area contributed by atoms with Gasteiger partial charge in [-0.3, -0.25) is 0 Å². The molecule has 1 aliphatic rings. The molecule has 1 aromatic rings. The van der Waals surface area contributed by atoms with Crippen molar-refractivity contribution in [3.63, 3.8) is 0 Å². The summed E-state index contributed by atoms with van der Waals surface area (Å²) in [6.45, 7) is 2.10. The Bertz CT molecular complexity index is 513. The minimum atomic E-state index is -2.86. The Hall–Kier alpha value is -0.580. The van der Waals surface area contributed by atoms with Crippen LogP contribution < -0.4 is 5.32 Å². The maximum absolute atomic E-state index is 11.7. The molecule has 2 unspecified atom stereocenters. The van der Waals surface area contributed by atoms with Gasteiger partial charge in [-0.1, -0.05) is 30.7 Å². The minimum absolute atomic E-state index is 0.0689. The molecule has 0 spiro atoms. The summed E-state index contributed by atoms with van der Waals surface area (Å²) in [6.07, 6.45) is 2.62. The largest absolute Gasteiger partial charge is 0.306 e. The molecule has 1 aromatic carbocycles. The Labute approximate surface area is 120 Å². The second-order valence-corrected chi connectivity index (χ2v) is 7.80. The Balaban J connectivity index is 2.05. The van der Waals surface area contributed by atoms with E-state index in [1.54, 1.807) is 0 Å². The predicted octanol–water partition coefficient (Wildman–Crippen LogP) is 2.96. The van der Waals surface area contributed by atoms with Crippen molar-refractivity contribution >= 4 is 21.4 Å². The van der Waals surface area contributed by atoms with Crippen molar-refractivity contribution in [3.05, 3.63) is 34.9 Å². The zero-order valence-electron chi connectivity index (χ0n) is 11.1. The first-order chi connectivity index (χ1) is 9.00. The van der Waals surface area contributed by atoms with Gasteiger partial charge >= 0.3 is 0 Å². The van der Waals surface area contributed by atoms with Crippen molar-refractivity contribution < 1.29 is 8.42 Å². The zero-order valence-corrected chi connectivity index (χ0v) is 12.7. The quantitative estimate of drug-likeness (QED) is 0.930. The van der Waals surface area contributed by atoms with Crippen molar-refractivity contribution in [2.45, 2.75) is 38.3 Å². The summed E-state index contributed by atoms with van der Waals surface area (Å²) in [5.41, 5.74) is 1.16. The van der Waals surface area contributed by atoms with Gasteiger partial charge in [0.1, 0.15) is 0 Å². The lowest BCUT2D eigenvalue weighted by Gasteiger charge is -2.28. The third-order valence-electron chi connectivity index (χ3n) is 3.58. The lowest BCUT2D eigenvalue weighted by molar-refractivity contribution is 0.414. The highest BCUT2D eigenvalue weighted by molar-refractivity contribution is 7.91. The normalized spacial score (nSPS) is 24.0. The van der Waals surface area contributed by atoms with Crippen LogP contribution in [0.1, 0.15) is 37.8 Å². The van der Waals surface area contributed by atoms with E-state index in [2.05, 4.69) is 12.2 Å². The fraction of sp³-hybridized carbons (Fsp3) is 0.571. The third-order valence-corrected chi connectivity index (χ3v) is 5.65. The van der Waals surface area contributed by atoms with Gasteiger partial charge in [0.15, 0.2) is 9.84 Å². The standard InChI is InChI=1S/C14H20ClNO2S/c1-2-14(11-5-7-12(15)8-6-11)16-13-4-3-9-19(17,18)10-13/h5-8,13-14,16H,2-4,9-10H2,1H3. The van der Waals surface area contributed by atoms with Crippen LogP contribution in [-0.4, -0.2) is 26.0 Å². The number of rotatable bonds is 4. The van der Waals surface area contributed by atoms with Crippen LogP contribution in [0.15, 0.2) is 24.3 Å². The average Bonchev–Trinajstić information content (AvgIpc) is 2.36. The van der Waals surface area contributed by atoms with E-state index in [0.717, 1.165) is 29.8 Å². The van der Waals surface area contributed by atoms with Gasteiger partial charge in [-0.05, 0) is 37.0 Å². The molecule has 0 bridgehead atoms. The molecule has 106 valence electrons. The second kappa shape index (κ2) is 6.25. The van der Waals surface area contributed by atoms with E-state index in [0.29, 0.717) is 5.75 Å². The molecule has 0 amide bonds. The maximum Gasteiger partial charge on any atom is 0.151 e. The fourth-order valence-electron chi connectivity index (χ4n) is 2.58. The van der Waals surface area contributed by atoms with Gasteiger partial charge in [-0.15, -0.1) is 0 Å². The summed E-state index contributed by atoms with van der Waals surface area (Å²) in [5.74, 6) is 0.597. The van der Waals surface area contributed by atoms with Crippen LogP contribution >= 0.6 is 11.6 Å². The number of benzene rings is 1. The van der Waals surface area contributed by atoms with E-state index in [9.17, 15) is 8.42 Å². The van der Waals surface area contributed by atoms with Crippen molar-refractivity contribution in [2.24, 2.45) is 0 Å². The summed E-state index contributed by atoms with van der Waals surface area (Å²) in [7, 11) is -2.86. The van der Waals surface area contributed by atoms with Gasteiger partial charge in [0.05, 0.1) is 11.5 Å². The molecule has 3 nitrogen and oxygen atoms in total. The van der Waals surface area contributed by atoms with Gasteiger partial charge < -0.3 is 5.32 Å². The monoisotopic (exact) mass is 301 g/mol. The molecule has 0 saturated carbocycles. The predicted molar refractivity (Wildman–Crippen MR) is 79.3 cm³/mol. The molecule has 2 rings (SSSR count). The molecule has 1 fully saturated rings. The van der Waals surface area contributed by atoms with Crippen LogP contribution in [-0.2, 0) is 9.84 Å². The van der Waals surface area contributed by atoms with Crippen LogP contribution in [0.5, 0.6) is 0 Å². The van der Waals surface area contributed by atoms with Crippen LogP contribution in [0.3, 0.4) is 0 Å². The third kappa shape index (κ3) is 4.20. The molecule has 1 aliphatic heterocycles. The molecule has 1 saturated heterocycles. The highest BCUT2D eigenvalue weighted by atomic mass is 35.5. The van der Waals surface area contributed by atoms with Gasteiger partial charge in [-0.2, -0.15) is 0 Å². The minimum Gasteiger partial charge on any atom is -0.306 e. The van der Waals surface area contributed by atoms with E-state index in [1.165, 1.54) is 0 Å². The van der Waals surface area contributed by atoms with E-state index >= 15 is 0 Å². The Morgan fingerprint density at radius 2 is 2.05 bits per heavy atom. The van der Waals surface area contributed by atoms with E-state index in [4.69, 9.17) is 11.6 Å². The summed E-state index contributed by atoms with van der Waals surface area (Å²) < 4.78 is 23.3. The molecule has 19 heavy (non-hydrogen) atoms. The Morgan fingerprint density at radius 1 is 1.37 bits per heavy atom. The average molecular weight is 302 g/mol. The summed E-state index contributed by atoms with van der Waals surface area (Å²) in [4.78, 5) is 0.